The van der Waals surface area contributed by atoms with Crippen LogP contribution in [-0.2, 0) is 19.6 Å². The number of quaternary nitrogens is 1. The number of amides is 1. The van der Waals surface area contributed by atoms with Gasteiger partial charge in [0.05, 0.1) is 31.2 Å². The zero-order chi connectivity index (χ0) is 30.1. The van der Waals surface area contributed by atoms with Gasteiger partial charge in [-0.1, -0.05) is 24.6 Å². The number of aliphatic hydroxyl groups excluding tert-OH is 1. The number of hydroxylamine groups is 3. The lowest BCUT2D eigenvalue weighted by Crippen LogP contribution is -2.49. The lowest BCUT2D eigenvalue weighted by molar-refractivity contribution is -1.05. The summed E-state index contributed by atoms with van der Waals surface area (Å²) in [6.07, 6.45) is 9.55. The number of para-hydroxylation sites is 1. The first-order valence-corrected chi connectivity index (χ1v) is 16.4. The van der Waals surface area contributed by atoms with Gasteiger partial charge in [-0.3, -0.25) is 0 Å². The number of unbranched alkanes of at least 4 members (excludes halogenated alkanes) is 4. The van der Waals surface area contributed by atoms with Crippen molar-refractivity contribution < 1.29 is 32.5 Å². The summed E-state index contributed by atoms with van der Waals surface area (Å²) in [4.78, 5) is 25.3. The fraction of sp³-hybridized carbons (Fsp3) is 0.655. The lowest BCUT2D eigenvalue weighted by Gasteiger charge is -2.40. The van der Waals surface area contributed by atoms with Crippen LogP contribution in [0.25, 0.3) is 0 Å². The van der Waals surface area contributed by atoms with Gasteiger partial charge in [0.1, 0.15) is 18.8 Å². The zero-order valence-corrected chi connectivity index (χ0v) is 26.0. The van der Waals surface area contributed by atoms with Gasteiger partial charge >= 0.3 is 6.09 Å². The molecule has 1 aromatic rings. The third-order valence-electron chi connectivity index (χ3n) is 7.02. The minimum absolute atomic E-state index is 0.0165. The van der Waals surface area contributed by atoms with E-state index in [0.717, 1.165) is 49.1 Å². The minimum atomic E-state index is -3.23. The number of alkyl carbamates (subject to hydrolysis) is 1. The number of hydrogen-bond donors (Lipinski definition) is 3. The maximum Gasteiger partial charge on any atom is 0.407 e. The molecule has 3 unspecified atom stereocenters. The van der Waals surface area contributed by atoms with Crippen LogP contribution in [0.5, 0.6) is 0 Å². The molecule has 1 aromatic carbocycles. The number of hydrogen-bond acceptors (Lipinski definition) is 8. The molecular formula is C29H48N5O6S+. The van der Waals surface area contributed by atoms with Crippen molar-refractivity contribution in [1.29, 1.82) is 0 Å². The van der Waals surface area contributed by atoms with E-state index in [0.29, 0.717) is 32.7 Å². The van der Waals surface area contributed by atoms with E-state index in [1.54, 1.807) is 0 Å². The molecule has 0 radical (unpaired) electrons. The Morgan fingerprint density at radius 1 is 1.12 bits per heavy atom. The molecule has 41 heavy (non-hydrogen) atoms. The van der Waals surface area contributed by atoms with Crippen LogP contribution < -0.4 is 14.9 Å². The van der Waals surface area contributed by atoms with Gasteiger partial charge in [-0.15, -0.1) is 4.65 Å². The smallest absolute Gasteiger partial charge is 0.407 e. The Kier molecular flexibility index (Phi) is 11.7. The summed E-state index contributed by atoms with van der Waals surface area (Å²) in [6.45, 7) is 9.65. The Hall–Kier alpha value is -2.51. The Morgan fingerprint density at radius 3 is 2.51 bits per heavy atom. The number of carbonyl (C=O) groups excluding carboxylic acids is 1. The molecule has 2 aliphatic heterocycles. The van der Waals surface area contributed by atoms with Crippen molar-refractivity contribution in [1.82, 2.24) is 10.0 Å². The van der Waals surface area contributed by atoms with Crippen molar-refractivity contribution in [2.24, 2.45) is 4.99 Å². The van der Waals surface area contributed by atoms with Gasteiger partial charge in [0, 0.05) is 30.3 Å². The van der Waals surface area contributed by atoms with Crippen LogP contribution in [0.4, 0.5) is 10.5 Å². The maximum atomic E-state index is 11.8. The summed E-state index contributed by atoms with van der Waals surface area (Å²) < 4.78 is 31.0. The molecule has 0 bridgehead atoms. The van der Waals surface area contributed by atoms with E-state index in [-0.39, 0.29) is 28.9 Å². The number of nitrogens with zero attached hydrogens (tertiary/aromatic N) is 3. The fourth-order valence-corrected chi connectivity index (χ4v) is 5.56. The lowest BCUT2D eigenvalue weighted by atomic mass is 9.96. The molecule has 0 aliphatic carbocycles. The number of aliphatic hydroxyl groups is 1. The predicted octanol–water partition coefficient (Wildman–Crippen LogP) is 3.97. The first kappa shape index (κ1) is 33.0. The fourth-order valence-electron chi connectivity index (χ4n) is 5.04. The molecular weight excluding hydrogens is 546 g/mol. The highest BCUT2D eigenvalue weighted by Gasteiger charge is 2.50. The maximum absolute atomic E-state index is 11.8. The number of anilines is 1. The van der Waals surface area contributed by atoms with E-state index in [2.05, 4.69) is 27.1 Å². The molecule has 3 atom stereocenters. The second-order valence-electron chi connectivity index (χ2n) is 11.9. The van der Waals surface area contributed by atoms with Gasteiger partial charge in [-0.25, -0.2) is 17.9 Å². The monoisotopic (exact) mass is 594 g/mol. The van der Waals surface area contributed by atoms with Gasteiger partial charge in [-0.2, -0.15) is 9.83 Å². The van der Waals surface area contributed by atoms with Crippen LogP contribution in [0.2, 0.25) is 0 Å². The number of fused-ring (bicyclic) bond motifs is 3. The van der Waals surface area contributed by atoms with Gasteiger partial charge in [0.2, 0.25) is 16.4 Å². The first-order valence-electron chi connectivity index (χ1n) is 14.5. The molecule has 12 heteroatoms. The molecule has 2 heterocycles. The zero-order valence-electron chi connectivity index (χ0n) is 25.1. The van der Waals surface area contributed by atoms with E-state index in [4.69, 9.17) is 14.6 Å². The number of ether oxygens (including phenoxy) is 1. The number of nitrogens with one attached hydrogen (secondary N) is 2. The Balaban J connectivity index is 1.62. The molecule has 1 amide bonds. The Morgan fingerprint density at radius 2 is 1.83 bits per heavy atom. The van der Waals surface area contributed by atoms with E-state index in [1.165, 1.54) is 6.26 Å². The summed E-state index contributed by atoms with van der Waals surface area (Å²) in [5.74, 6) is 0. The predicted molar refractivity (Wildman–Crippen MR) is 161 cm³/mol. The highest BCUT2D eigenvalue weighted by molar-refractivity contribution is 7.88. The van der Waals surface area contributed by atoms with E-state index >= 15 is 0 Å². The molecule has 3 N–H and O–H groups in total. The normalized spacial score (nSPS) is 20.8. The number of sulfonamides is 1. The highest BCUT2D eigenvalue weighted by Crippen LogP contribution is 2.47. The molecule has 0 saturated carbocycles. The van der Waals surface area contributed by atoms with Gasteiger partial charge in [-0.05, 0) is 59.4 Å². The number of aliphatic imine (C=N–C) groups is 1. The third kappa shape index (κ3) is 9.78. The van der Waals surface area contributed by atoms with Crippen LogP contribution in [0.3, 0.4) is 0 Å². The SMILES string of the molecule is CC(CO)N1C=C2N=C[N+](CCCCNS(C)(=O)=O)(OCCCCCCOC(=O)NC(C)(C)C)C2c2ccccc21. The average molecular weight is 595 g/mol. The van der Waals surface area contributed by atoms with Gasteiger partial charge in [0.15, 0.2) is 6.04 Å². The van der Waals surface area contributed by atoms with E-state index < -0.39 is 16.1 Å². The second kappa shape index (κ2) is 14.6. The molecule has 2 aliphatic rings. The van der Waals surface area contributed by atoms with Crippen molar-refractivity contribution >= 4 is 28.1 Å². The first-order chi connectivity index (χ1) is 19.4. The molecule has 0 saturated heterocycles. The number of benzene rings is 1. The minimum Gasteiger partial charge on any atom is -0.450 e. The molecule has 230 valence electrons. The average Bonchev–Trinajstić information content (AvgIpc) is 3.26. The quantitative estimate of drug-likeness (QED) is 0.195. The van der Waals surface area contributed by atoms with Crippen molar-refractivity contribution in [3.8, 4) is 0 Å². The largest absolute Gasteiger partial charge is 0.450 e. The van der Waals surface area contributed by atoms with Crippen molar-refractivity contribution in [2.75, 3.05) is 44.1 Å². The molecule has 0 fully saturated rings. The second-order valence-corrected chi connectivity index (χ2v) is 13.7. The summed E-state index contributed by atoms with van der Waals surface area (Å²) in [5.41, 5.74) is 2.67. The van der Waals surface area contributed by atoms with E-state index in [1.807, 2.05) is 52.4 Å². The Labute approximate surface area is 245 Å². The Bertz CT molecular complexity index is 1180. The van der Waals surface area contributed by atoms with Crippen LogP contribution in [0, 0.1) is 0 Å². The van der Waals surface area contributed by atoms with Crippen molar-refractivity contribution in [2.45, 2.75) is 83.8 Å². The van der Waals surface area contributed by atoms with Crippen LogP contribution in [0.15, 0.2) is 41.2 Å². The molecule has 0 aromatic heterocycles. The highest BCUT2D eigenvalue weighted by atomic mass is 32.2. The summed E-state index contributed by atoms with van der Waals surface area (Å²) in [7, 11) is -3.23. The van der Waals surface area contributed by atoms with Crippen LogP contribution in [-0.4, -0.2) is 81.3 Å². The topological polar surface area (TPSA) is 130 Å². The third-order valence-corrected chi connectivity index (χ3v) is 7.75. The molecule has 0 spiro atoms. The van der Waals surface area contributed by atoms with E-state index in [9.17, 15) is 18.3 Å². The van der Waals surface area contributed by atoms with Crippen LogP contribution >= 0.6 is 0 Å². The van der Waals surface area contributed by atoms with Gasteiger partial charge < -0.3 is 20.1 Å². The van der Waals surface area contributed by atoms with Crippen LogP contribution in [0.1, 0.15) is 77.8 Å². The standard InChI is InChI=1S/C29H47N5O6S/c1-23(21-35)33-20-25-27(24-14-8-9-15-26(24)33)34(22-30-25,17-11-10-16-31-41(5,37)38)40-19-13-7-6-12-18-39-28(36)32-29(2,3)4/h8-9,14-15,20,22-23,27,31,35H,6-7,10-13,16-19,21H2,1-5H3/p+1. The van der Waals surface area contributed by atoms with Crippen molar-refractivity contribution in [3.05, 3.63) is 41.7 Å². The summed E-state index contributed by atoms with van der Waals surface area (Å²) in [6, 6.07) is 7.90. The summed E-state index contributed by atoms with van der Waals surface area (Å²) >= 11 is 0. The molecule has 3 rings (SSSR count). The molecule has 11 nitrogen and oxygen atoms in total. The van der Waals surface area contributed by atoms with Gasteiger partial charge in [0.25, 0.3) is 0 Å². The number of rotatable bonds is 16. The number of carbonyl (C=O) groups is 1. The van der Waals surface area contributed by atoms with Crippen molar-refractivity contribution in [3.63, 3.8) is 0 Å². The summed E-state index contributed by atoms with van der Waals surface area (Å²) in [5, 5.41) is 12.6.